The first-order chi connectivity index (χ1) is 23.6. The number of nitrogens with zero attached hydrogens (tertiary/aromatic N) is 6. The zero-order valence-electron chi connectivity index (χ0n) is 27.8. The molecule has 6 aromatic rings. The quantitative estimate of drug-likeness (QED) is 0.144. The minimum atomic E-state index is -4.11. The Bertz CT molecular complexity index is 2170. The van der Waals surface area contributed by atoms with Crippen LogP contribution >= 0.6 is 0 Å². The van der Waals surface area contributed by atoms with Gasteiger partial charge in [0.25, 0.3) is 10.1 Å². The molecule has 0 aliphatic heterocycles. The molecule has 6 rings (SSSR count). The van der Waals surface area contributed by atoms with E-state index in [9.17, 15) is 8.42 Å². The molecule has 0 saturated carbocycles. The minimum Gasteiger partial charge on any atom is -0.494 e. The molecule has 4 heterocycles. The van der Waals surface area contributed by atoms with Gasteiger partial charge in [0.05, 0.1) is 34.7 Å². The van der Waals surface area contributed by atoms with Gasteiger partial charge in [-0.15, -0.1) is 20.4 Å². The molecular formula is C33H34N6O9S. The maximum Gasteiger partial charge on any atom is 0.265 e. The van der Waals surface area contributed by atoms with Crippen molar-refractivity contribution in [3.05, 3.63) is 83.8 Å². The third kappa shape index (κ3) is 6.47. The van der Waals surface area contributed by atoms with Crippen molar-refractivity contribution in [1.29, 1.82) is 0 Å². The van der Waals surface area contributed by atoms with Crippen molar-refractivity contribution in [2.45, 2.75) is 26.4 Å². The van der Waals surface area contributed by atoms with E-state index in [-0.39, 0.29) is 23.9 Å². The average molecular weight is 691 g/mol. The Kier molecular flexibility index (Phi) is 9.16. The molecule has 16 heteroatoms. The van der Waals surface area contributed by atoms with Crippen LogP contribution in [0.5, 0.6) is 23.0 Å². The van der Waals surface area contributed by atoms with Gasteiger partial charge in [0.15, 0.2) is 17.3 Å². The summed E-state index contributed by atoms with van der Waals surface area (Å²) in [5, 5.41) is 17.9. The Morgan fingerprint density at radius 3 is 1.53 bits per heavy atom. The molecule has 1 unspecified atom stereocenters. The number of aryl methyl sites for hydroxylation is 2. The van der Waals surface area contributed by atoms with Crippen LogP contribution in [0, 0.1) is 13.8 Å². The number of ether oxygens (including phenoxy) is 4. The zero-order chi connectivity index (χ0) is 34.9. The van der Waals surface area contributed by atoms with Crippen molar-refractivity contribution < 1.29 is 40.4 Å². The molecule has 0 fully saturated rings. The largest absolute Gasteiger partial charge is 0.494 e. The number of aromatic nitrogens is 6. The van der Waals surface area contributed by atoms with Crippen molar-refractivity contribution >= 4 is 10.1 Å². The van der Waals surface area contributed by atoms with E-state index in [4.69, 9.17) is 32.0 Å². The number of hydrogen-bond acceptors (Lipinski definition) is 13. The maximum atomic E-state index is 12.9. The van der Waals surface area contributed by atoms with Gasteiger partial charge in [-0.1, -0.05) is 12.1 Å². The van der Waals surface area contributed by atoms with Crippen molar-refractivity contribution in [2.24, 2.45) is 0 Å². The highest BCUT2D eigenvalue weighted by atomic mass is 32.2. The minimum absolute atomic E-state index is 0.0780. The standard InChI is InChI=1S/C33H34N6O9S/c1-19-14-16-25(46-19)31-35-34-28(38(31)29-21(42-3)10-8-11-22(29)43-4)18-27(48-49(7,40)41)33-37-36-32(26-17-15-20(2)47-26)39(33)30-23(44-5)12-9-13-24(30)45-6/h8-17,27H,18H2,1-7H3. The first kappa shape index (κ1) is 33.3. The number of methoxy groups -OCH3 is 4. The van der Waals surface area contributed by atoms with Gasteiger partial charge in [-0.25, -0.2) is 0 Å². The van der Waals surface area contributed by atoms with E-state index in [0.717, 1.165) is 6.26 Å². The van der Waals surface area contributed by atoms with Crippen LogP contribution in [-0.2, 0) is 20.7 Å². The van der Waals surface area contributed by atoms with Gasteiger partial charge in [-0.3, -0.25) is 13.3 Å². The number of benzene rings is 2. The van der Waals surface area contributed by atoms with Crippen molar-refractivity contribution in [3.8, 4) is 57.5 Å². The summed E-state index contributed by atoms with van der Waals surface area (Å²) in [6.45, 7) is 3.60. The average Bonchev–Trinajstić information content (AvgIpc) is 3.89. The van der Waals surface area contributed by atoms with Gasteiger partial charge in [-0.05, 0) is 62.4 Å². The number of furan rings is 2. The molecule has 0 amide bonds. The molecule has 1 atom stereocenters. The Hall–Kier alpha value is -5.61. The van der Waals surface area contributed by atoms with Crippen molar-refractivity contribution in [2.75, 3.05) is 34.7 Å². The Labute approximate surface area is 282 Å². The lowest BCUT2D eigenvalue weighted by Gasteiger charge is -2.21. The summed E-state index contributed by atoms with van der Waals surface area (Å²) in [5.41, 5.74) is 0.840. The monoisotopic (exact) mass is 690 g/mol. The van der Waals surface area contributed by atoms with E-state index in [1.54, 1.807) is 76.7 Å². The molecule has 0 saturated heterocycles. The summed E-state index contributed by atoms with van der Waals surface area (Å²) in [7, 11) is 1.94. The summed E-state index contributed by atoms with van der Waals surface area (Å²) in [5.74, 6) is 4.58. The second kappa shape index (κ2) is 13.5. The Morgan fingerprint density at radius 2 is 1.10 bits per heavy atom. The van der Waals surface area contributed by atoms with Gasteiger partial charge in [0.1, 0.15) is 57.8 Å². The first-order valence-electron chi connectivity index (χ1n) is 14.9. The fourth-order valence-electron chi connectivity index (χ4n) is 5.49. The van der Waals surface area contributed by atoms with Gasteiger partial charge in [0.2, 0.25) is 11.6 Å². The van der Waals surface area contributed by atoms with Crippen LogP contribution in [0.25, 0.3) is 34.5 Å². The molecule has 256 valence electrons. The number of para-hydroxylation sites is 2. The lowest BCUT2D eigenvalue weighted by molar-refractivity contribution is 0.200. The van der Waals surface area contributed by atoms with Crippen LogP contribution in [0.15, 0.2) is 69.5 Å². The SMILES string of the molecule is COc1cccc(OC)c1-n1c(CC(OS(C)(=O)=O)c2nnc(-c3ccc(C)o3)n2-c2c(OC)cccc2OC)nnc1-c1ccc(C)o1. The molecule has 0 aliphatic rings. The van der Waals surface area contributed by atoms with Crippen LogP contribution in [-0.4, -0.2) is 72.6 Å². The van der Waals surface area contributed by atoms with Gasteiger partial charge < -0.3 is 27.8 Å². The molecule has 49 heavy (non-hydrogen) atoms. The maximum absolute atomic E-state index is 12.9. The predicted molar refractivity (Wildman–Crippen MR) is 176 cm³/mol. The Balaban J connectivity index is 1.62. The van der Waals surface area contributed by atoms with Crippen LogP contribution in [0.4, 0.5) is 0 Å². The van der Waals surface area contributed by atoms with Crippen LogP contribution in [0.3, 0.4) is 0 Å². The van der Waals surface area contributed by atoms with E-state index in [0.29, 0.717) is 63.2 Å². The molecular weight excluding hydrogens is 656 g/mol. The van der Waals surface area contributed by atoms with E-state index in [1.807, 2.05) is 6.92 Å². The van der Waals surface area contributed by atoms with Gasteiger partial charge in [0, 0.05) is 6.42 Å². The number of rotatable bonds is 13. The van der Waals surface area contributed by atoms with E-state index in [2.05, 4.69) is 20.4 Å². The lowest BCUT2D eigenvalue weighted by Crippen LogP contribution is -2.20. The number of hydrogen-bond donors (Lipinski definition) is 0. The van der Waals surface area contributed by atoms with Crippen molar-refractivity contribution in [3.63, 3.8) is 0 Å². The lowest BCUT2D eigenvalue weighted by atomic mass is 10.1. The zero-order valence-corrected chi connectivity index (χ0v) is 28.6. The summed E-state index contributed by atoms with van der Waals surface area (Å²) < 4.78 is 69.7. The molecule has 0 aliphatic carbocycles. The van der Waals surface area contributed by atoms with Crippen LogP contribution in [0.2, 0.25) is 0 Å². The summed E-state index contributed by atoms with van der Waals surface area (Å²) in [6, 6.07) is 17.6. The second-order valence-corrected chi connectivity index (χ2v) is 12.4. The van der Waals surface area contributed by atoms with Crippen molar-refractivity contribution in [1.82, 2.24) is 29.5 Å². The molecule has 2 aromatic carbocycles. The Morgan fingerprint density at radius 1 is 0.653 bits per heavy atom. The summed E-state index contributed by atoms with van der Waals surface area (Å²) >= 11 is 0. The fraction of sp³-hybridized carbons (Fsp3) is 0.273. The summed E-state index contributed by atoms with van der Waals surface area (Å²) in [6.07, 6.45) is -0.559. The first-order valence-corrected chi connectivity index (χ1v) is 16.7. The highest BCUT2D eigenvalue weighted by Gasteiger charge is 2.34. The van der Waals surface area contributed by atoms with E-state index >= 15 is 0 Å². The third-order valence-corrected chi connectivity index (χ3v) is 8.12. The summed E-state index contributed by atoms with van der Waals surface area (Å²) in [4.78, 5) is 0. The van der Waals surface area contributed by atoms with Crippen LogP contribution < -0.4 is 18.9 Å². The highest BCUT2D eigenvalue weighted by molar-refractivity contribution is 7.86. The molecule has 0 N–H and O–H groups in total. The molecule has 15 nitrogen and oxygen atoms in total. The van der Waals surface area contributed by atoms with Crippen LogP contribution in [0.1, 0.15) is 29.3 Å². The fourth-order valence-corrected chi connectivity index (χ4v) is 6.06. The van der Waals surface area contributed by atoms with E-state index < -0.39 is 16.2 Å². The molecule has 0 spiro atoms. The molecule has 4 aromatic heterocycles. The third-order valence-electron chi connectivity index (χ3n) is 7.54. The van der Waals surface area contributed by atoms with Gasteiger partial charge in [-0.2, -0.15) is 8.42 Å². The highest BCUT2D eigenvalue weighted by Crippen LogP contribution is 2.41. The van der Waals surface area contributed by atoms with Gasteiger partial charge >= 0.3 is 0 Å². The topological polar surface area (TPSA) is 168 Å². The molecule has 0 bridgehead atoms. The second-order valence-electron chi connectivity index (χ2n) is 10.8. The predicted octanol–water partition coefficient (Wildman–Crippen LogP) is 5.28. The van der Waals surface area contributed by atoms with E-state index in [1.165, 1.54) is 28.4 Å². The molecule has 0 radical (unpaired) electrons. The smallest absolute Gasteiger partial charge is 0.265 e. The normalized spacial score (nSPS) is 12.2.